The number of para-hydroxylation sites is 1. The van der Waals surface area contributed by atoms with Crippen molar-refractivity contribution >= 4 is 25.7 Å². The molecule has 1 aromatic carbocycles. The predicted octanol–water partition coefficient (Wildman–Crippen LogP) is 15.5. The second-order valence-corrected chi connectivity index (χ2v) is 19.6. The second kappa shape index (κ2) is 40.3. The van der Waals surface area contributed by atoms with E-state index in [0.29, 0.717) is 0 Å². The van der Waals surface area contributed by atoms with Gasteiger partial charge in [0.1, 0.15) is 5.75 Å². The van der Waals surface area contributed by atoms with E-state index >= 15 is 0 Å². The number of carbonyl (C=O) groups is 1. The summed E-state index contributed by atoms with van der Waals surface area (Å²) in [6.07, 6.45) is 40.2. The van der Waals surface area contributed by atoms with Crippen LogP contribution >= 0.6 is 11.8 Å². The zero-order valence-corrected chi connectivity index (χ0v) is 37.8. The Labute approximate surface area is 341 Å². The van der Waals surface area contributed by atoms with Crippen molar-refractivity contribution in [3.05, 3.63) is 30.3 Å². The van der Waals surface area contributed by atoms with Crippen molar-refractivity contribution in [2.45, 2.75) is 226 Å². The summed E-state index contributed by atoms with van der Waals surface area (Å²) in [5.74, 6) is 1.47. The topological polar surface area (TPSA) is 54.0 Å². The normalized spacial score (nSPS) is 11.8. The summed E-state index contributed by atoms with van der Waals surface area (Å²) < 4.78 is 26.0. The van der Waals surface area contributed by atoms with Crippen LogP contribution in [0.25, 0.3) is 0 Å². The Balaban J connectivity index is 2.65. The Bertz CT molecular complexity index is 839. The Morgan fingerprint density at radius 1 is 0.463 bits per heavy atom. The van der Waals surface area contributed by atoms with Gasteiger partial charge >= 0.3 is 8.80 Å². The highest BCUT2D eigenvalue weighted by Gasteiger charge is 2.40. The average molecular weight is 793 g/mol. The van der Waals surface area contributed by atoms with Gasteiger partial charge in [0.05, 0.1) is 0 Å². The zero-order valence-electron chi connectivity index (χ0n) is 36.0. The van der Waals surface area contributed by atoms with Gasteiger partial charge in [0, 0.05) is 31.6 Å². The lowest BCUT2D eigenvalue weighted by Crippen LogP contribution is -2.46. The lowest BCUT2D eigenvalue weighted by Gasteiger charge is -2.30. The van der Waals surface area contributed by atoms with Crippen LogP contribution < -0.4 is 4.74 Å². The highest BCUT2D eigenvalue weighted by atomic mass is 32.2. The van der Waals surface area contributed by atoms with Crippen LogP contribution in [0.3, 0.4) is 0 Å². The molecule has 0 bridgehead atoms. The summed E-state index contributed by atoms with van der Waals surface area (Å²) >= 11 is 1.36. The van der Waals surface area contributed by atoms with E-state index in [1.165, 1.54) is 185 Å². The Kier molecular flexibility index (Phi) is 38.2. The summed E-state index contributed by atoms with van der Waals surface area (Å²) in [6, 6.07) is 10.4. The van der Waals surface area contributed by atoms with Gasteiger partial charge in [0.2, 0.25) is 5.12 Å². The van der Waals surface area contributed by atoms with E-state index in [1.54, 1.807) is 0 Å². The third kappa shape index (κ3) is 33.3. The van der Waals surface area contributed by atoms with Crippen molar-refractivity contribution in [2.75, 3.05) is 32.2 Å². The maximum atomic E-state index is 12.7. The smallest absolute Gasteiger partial charge is 0.485 e. The minimum atomic E-state index is -2.88. The van der Waals surface area contributed by atoms with Gasteiger partial charge in [-0.1, -0.05) is 224 Å². The van der Waals surface area contributed by atoms with Crippen molar-refractivity contribution in [3.8, 4) is 5.75 Å². The van der Waals surface area contributed by atoms with Gasteiger partial charge in [0.25, 0.3) is 0 Å². The number of ether oxygens (including phenoxy) is 1. The molecule has 5 nitrogen and oxygen atoms in total. The maximum absolute atomic E-state index is 12.7. The van der Waals surface area contributed by atoms with Gasteiger partial charge in [0.15, 0.2) is 6.61 Å². The first-order chi connectivity index (χ1) is 26.7. The van der Waals surface area contributed by atoms with E-state index in [2.05, 4.69) is 20.8 Å². The first-order valence-electron chi connectivity index (χ1n) is 23.4. The van der Waals surface area contributed by atoms with Crippen LogP contribution in [0.4, 0.5) is 0 Å². The largest absolute Gasteiger partial charge is 0.500 e. The van der Waals surface area contributed by atoms with Crippen LogP contribution in [0.5, 0.6) is 5.75 Å². The number of carbonyl (C=O) groups excluding carboxylic acids is 1. The molecule has 0 amide bonds. The van der Waals surface area contributed by atoms with Crippen molar-refractivity contribution in [1.29, 1.82) is 0 Å². The molecule has 0 aliphatic heterocycles. The minimum Gasteiger partial charge on any atom is -0.485 e. The molecular formula is C47H88O5SSi. The third-order valence-corrected chi connectivity index (χ3v) is 14.3. The molecule has 0 aromatic heterocycles. The van der Waals surface area contributed by atoms with E-state index in [1.807, 2.05) is 30.3 Å². The van der Waals surface area contributed by atoms with Gasteiger partial charge in [-0.05, 0) is 37.8 Å². The van der Waals surface area contributed by atoms with Crippen LogP contribution in [0, 0.1) is 0 Å². The molecule has 0 spiro atoms. The molecular weight excluding hydrogens is 705 g/mol. The summed E-state index contributed by atoms with van der Waals surface area (Å²) in [5, 5.41) is 0.0648. The lowest BCUT2D eigenvalue weighted by atomic mass is 10.1. The number of benzene rings is 1. The van der Waals surface area contributed by atoms with Gasteiger partial charge in [-0.15, -0.1) is 0 Å². The molecule has 1 rings (SSSR count). The molecule has 0 N–H and O–H groups in total. The van der Waals surface area contributed by atoms with Crippen LogP contribution in [-0.4, -0.2) is 46.1 Å². The Morgan fingerprint density at radius 2 is 0.796 bits per heavy atom. The number of unbranched alkanes of at least 4 members (excludes halogenated alkanes) is 27. The summed E-state index contributed by atoms with van der Waals surface area (Å²) in [7, 11) is -2.88. The SMILES string of the molecule is CCCCCCCCCCCCO[Si](CCCSC(=O)COc1ccccc1)(OCCCCCCCCCCCC)OCCCCCCCCCCCC. The molecule has 0 saturated heterocycles. The van der Waals surface area contributed by atoms with E-state index in [0.717, 1.165) is 63.1 Å². The maximum Gasteiger partial charge on any atom is 0.500 e. The molecule has 1 aromatic rings. The lowest BCUT2D eigenvalue weighted by molar-refractivity contribution is -0.112. The number of hydrogen-bond donors (Lipinski definition) is 0. The van der Waals surface area contributed by atoms with Crippen molar-refractivity contribution in [3.63, 3.8) is 0 Å². The van der Waals surface area contributed by atoms with Crippen LogP contribution in [0.1, 0.15) is 220 Å². The van der Waals surface area contributed by atoms with Crippen molar-refractivity contribution < 1.29 is 22.8 Å². The molecule has 0 atom stereocenters. The van der Waals surface area contributed by atoms with Crippen LogP contribution in [0.2, 0.25) is 6.04 Å². The van der Waals surface area contributed by atoms with Crippen LogP contribution in [-0.2, 0) is 18.1 Å². The highest BCUT2D eigenvalue weighted by molar-refractivity contribution is 8.13. The molecule has 7 heteroatoms. The van der Waals surface area contributed by atoms with Crippen molar-refractivity contribution in [2.24, 2.45) is 0 Å². The molecule has 316 valence electrons. The van der Waals surface area contributed by atoms with Gasteiger partial charge in [-0.2, -0.15) is 0 Å². The number of thioether (sulfide) groups is 1. The molecule has 0 aliphatic carbocycles. The minimum absolute atomic E-state index is 0.0648. The van der Waals surface area contributed by atoms with Gasteiger partial charge < -0.3 is 18.0 Å². The average Bonchev–Trinajstić information content (AvgIpc) is 3.19. The zero-order chi connectivity index (χ0) is 38.9. The monoisotopic (exact) mass is 793 g/mol. The predicted molar refractivity (Wildman–Crippen MR) is 238 cm³/mol. The molecule has 0 fully saturated rings. The Morgan fingerprint density at radius 3 is 1.15 bits per heavy atom. The second-order valence-electron chi connectivity index (χ2n) is 15.7. The standard InChI is InChI=1S/C47H88O5SSi/c1-4-7-10-13-16-19-22-25-28-34-40-50-54(51-41-35-29-26-23-20-17-14-11-8-5-2,52-42-36-30-27-24-21-18-15-12-9-6-3)44-37-43-53-47(48)45-49-46-38-32-31-33-39-46/h31-33,38-39H,4-30,34-37,40-45H2,1-3H3. The molecule has 0 aliphatic rings. The van der Waals surface area contributed by atoms with Gasteiger partial charge in [-0.3, -0.25) is 4.79 Å². The Hall–Kier alpha value is -0.863. The molecule has 0 unspecified atom stereocenters. The quantitative estimate of drug-likeness (QED) is 0.0485. The first kappa shape index (κ1) is 51.2. The van der Waals surface area contributed by atoms with Crippen molar-refractivity contribution in [1.82, 2.24) is 0 Å². The van der Waals surface area contributed by atoms with E-state index in [4.69, 9.17) is 18.0 Å². The van der Waals surface area contributed by atoms with Gasteiger partial charge in [-0.25, -0.2) is 0 Å². The highest BCUT2D eigenvalue weighted by Crippen LogP contribution is 2.24. The molecule has 0 saturated carbocycles. The third-order valence-electron chi connectivity index (χ3n) is 10.4. The fraction of sp³-hybridized carbons (Fsp3) is 0.851. The fourth-order valence-electron chi connectivity index (χ4n) is 6.97. The van der Waals surface area contributed by atoms with E-state index in [-0.39, 0.29) is 11.7 Å². The molecule has 0 heterocycles. The number of hydrogen-bond acceptors (Lipinski definition) is 6. The summed E-state index contributed by atoms with van der Waals surface area (Å²) in [4.78, 5) is 12.7. The van der Waals surface area contributed by atoms with E-state index in [9.17, 15) is 4.79 Å². The fourth-order valence-corrected chi connectivity index (χ4v) is 10.5. The molecule has 54 heavy (non-hydrogen) atoms. The van der Waals surface area contributed by atoms with E-state index < -0.39 is 8.80 Å². The summed E-state index contributed by atoms with van der Waals surface area (Å²) in [5.41, 5.74) is 0. The summed E-state index contributed by atoms with van der Waals surface area (Å²) in [6.45, 7) is 9.11. The van der Waals surface area contributed by atoms with Crippen LogP contribution in [0.15, 0.2) is 30.3 Å². The molecule has 0 radical (unpaired) electrons. The first-order valence-corrected chi connectivity index (χ1v) is 26.3. The number of rotatable bonds is 43.